The Morgan fingerprint density at radius 2 is 2.00 bits per heavy atom. The summed E-state index contributed by atoms with van der Waals surface area (Å²) in [5.41, 5.74) is 2.83. The average Bonchev–Trinajstić information content (AvgIpc) is 2.89. The molecule has 0 saturated carbocycles. The Balaban J connectivity index is 1.65. The number of aromatic nitrogens is 1. The van der Waals surface area contributed by atoms with Gasteiger partial charge in [0.2, 0.25) is 5.91 Å². The van der Waals surface area contributed by atoms with Crippen LogP contribution in [-0.4, -0.2) is 16.6 Å². The predicted octanol–water partition coefficient (Wildman–Crippen LogP) is 4.90. The summed E-state index contributed by atoms with van der Waals surface area (Å²) < 4.78 is 1.10. The lowest BCUT2D eigenvalue weighted by Crippen LogP contribution is -2.14. The van der Waals surface area contributed by atoms with Gasteiger partial charge in [0.1, 0.15) is 0 Å². The number of carbonyl (C=O) groups is 1. The molecule has 1 heterocycles. The van der Waals surface area contributed by atoms with Gasteiger partial charge in [0.05, 0.1) is 21.6 Å². The summed E-state index contributed by atoms with van der Waals surface area (Å²) in [5, 5.41) is 4.00. The van der Waals surface area contributed by atoms with Gasteiger partial charge < -0.3 is 5.32 Å². The second-order valence-electron chi connectivity index (χ2n) is 5.22. The second-order valence-corrected chi connectivity index (χ2v) is 7.79. The Labute approximate surface area is 144 Å². The van der Waals surface area contributed by atoms with Gasteiger partial charge in [0.15, 0.2) is 0 Å². The monoisotopic (exact) mass is 342 g/mol. The van der Waals surface area contributed by atoms with E-state index in [0.717, 1.165) is 32.2 Å². The zero-order chi connectivity index (χ0) is 16.2. The molecule has 1 N–H and O–H groups in total. The van der Waals surface area contributed by atoms with Crippen molar-refractivity contribution >= 4 is 44.9 Å². The number of fused-ring (bicyclic) bond motifs is 1. The molecule has 0 bridgehead atoms. The maximum atomic E-state index is 12.2. The van der Waals surface area contributed by atoms with Crippen molar-refractivity contribution < 1.29 is 4.79 Å². The van der Waals surface area contributed by atoms with Crippen LogP contribution < -0.4 is 5.32 Å². The quantitative estimate of drug-likeness (QED) is 0.671. The van der Waals surface area contributed by atoms with Crippen molar-refractivity contribution in [1.29, 1.82) is 0 Å². The summed E-state index contributed by atoms with van der Waals surface area (Å²) in [5.74, 6) is 1.06. The Morgan fingerprint density at radius 3 is 2.74 bits per heavy atom. The van der Waals surface area contributed by atoms with Gasteiger partial charge in [-0.25, -0.2) is 4.98 Å². The molecule has 0 fully saturated rings. The lowest BCUT2D eigenvalue weighted by atomic mass is 10.1. The van der Waals surface area contributed by atoms with Crippen molar-refractivity contribution in [1.82, 2.24) is 4.98 Å². The number of nitrogens with one attached hydrogen (secondary N) is 1. The van der Waals surface area contributed by atoms with Crippen LogP contribution in [0.15, 0.2) is 47.4 Å². The van der Waals surface area contributed by atoms with E-state index in [1.807, 2.05) is 37.3 Å². The van der Waals surface area contributed by atoms with Crippen LogP contribution in [0, 0.1) is 6.92 Å². The van der Waals surface area contributed by atoms with Gasteiger partial charge >= 0.3 is 0 Å². The number of thiazole rings is 1. The van der Waals surface area contributed by atoms with Gasteiger partial charge in [0, 0.05) is 10.6 Å². The van der Waals surface area contributed by atoms with Crippen molar-refractivity contribution in [3.63, 3.8) is 0 Å². The van der Waals surface area contributed by atoms with E-state index in [2.05, 4.69) is 29.4 Å². The van der Waals surface area contributed by atoms with Gasteiger partial charge in [-0.05, 0) is 48.6 Å². The highest BCUT2D eigenvalue weighted by atomic mass is 32.2. The Kier molecular flexibility index (Phi) is 4.98. The molecule has 5 heteroatoms. The maximum Gasteiger partial charge on any atom is 0.228 e. The number of thioether (sulfide) groups is 1. The first-order valence-corrected chi connectivity index (χ1v) is 9.33. The Bertz CT molecular complexity index is 825. The van der Waals surface area contributed by atoms with E-state index in [0.29, 0.717) is 6.42 Å². The molecule has 3 rings (SSSR count). The maximum absolute atomic E-state index is 12.2. The molecule has 23 heavy (non-hydrogen) atoms. The summed E-state index contributed by atoms with van der Waals surface area (Å²) in [4.78, 5) is 17.9. The minimum atomic E-state index is 0.00137. The van der Waals surface area contributed by atoms with Gasteiger partial charge in [-0.2, -0.15) is 0 Å². The van der Waals surface area contributed by atoms with E-state index in [1.54, 1.807) is 23.1 Å². The van der Waals surface area contributed by atoms with Crippen LogP contribution in [0.4, 0.5) is 5.69 Å². The second kappa shape index (κ2) is 7.15. The highest BCUT2D eigenvalue weighted by Crippen LogP contribution is 2.25. The van der Waals surface area contributed by atoms with Crippen LogP contribution in [-0.2, 0) is 11.2 Å². The zero-order valence-corrected chi connectivity index (χ0v) is 14.8. The summed E-state index contributed by atoms with van der Waals surface area (Å²) in [6, 6.07) is 14.0. The smallest absolute Gasteiger partial charge is 0.228 e. The number of hydrogen-bond donors (Lipinski definition) is 1. The van der Waals surface area contributed by atoms with Gasteiger partial charge in [-0.1, -0.05) is 19.1 Å². The molecule has 0 aliphatic heterocycles. The van der Waals surface area contributed by atoms with Gasteiger partial charge in [0.25, 0.3) is 0 Å². The number of nitrogens with zero attached hydrogens (tertiary/aromatic N) is 1. The van der Waals surface area contributed by atoms with Crippen LogP contribution >= 0.6 is 23.1 Å². The number of benzene rings is 2. The minimum absolute atomic E-state index is 0.00137. The minimum Gasteiger partial charge on any atom is -0.326 e. The van der Waals surface area contributed by atoms with Crippen LogP contribution in [0.3, 0.4) is 0 Å². The summed E-state index contributed by atoms with van der Waals surface area (Å²) in [6.07, 6.45) is 0.386. The third-order valence-corrected chi connectivity index (χ3v) is 5.21. The first-order chi connectivity index (χ1) is 11.1. The number of aryl methyl sites for hydroxylation is 1. The lowest BCUT2D eigenvalue weighted by molar-refractivity contribution is -0.115. The van der Waals surface area contributed by atoms with E-state index < -0.39 is 0 Å². The fourth-order valence-electron chi connectivity index (χ4n) is 2.38. The lowest BCUT2D eigenvalue weighted by Gasteiger charge is -2.06. The molecule has 1 amide bonds. The molecular weight excluding hydrogens is 324 g/mol. The number of hydrogen-bond acceptors (Lipinski definition) is 4. The Morgan fingerprint density at radius 1 is 1.22 bits per heavy atom. The van der Waals surface area contributed by atoms with Gasteiger partial charge in [-0.15, -0.1) is 23.1 Å². The fraction of sp³-hybridized carbons (Fsp3) is 0.222. The fourth-order valence-corrected chi connectivity index (χ4v) is 3.91. The van der Waals surface area contributed by atoms with E-state index >= 15 is 0 Å². The first-order valence-electron chi connectivity index (χ1n) is 7.53. The molecule has 0 atom stereocenters. The van der Waals surface area contributed by atoms with Crippen molar-refractivity contribution in [3.05, 3.63) is 53.0 Å². The number of rotatable bonds is 5. The molecule has 3 aromatic rings. The molecule has 0 unspecified atom stereocenters. The summed E-state index contributed by atoms with van der Waals surface area (Å²) in [6.45, 7) is 4.12. The molecule has 1 aromatic heterocycles. The Hall–Kier alpha value is -1.85. The highest BCUT2D eigenvalue weighted by Gasteiger charge is 2.07. The molecule has 0 radical (unpaired) electrons. The number of anilines is 1. The van der Waals surface area contributed by atoms with Crippen molar-refractivity contribution in [3.8, 4) is 0 Å². The molecule has 3 nitrogen and oxygen atoms in total. The van der Waals surface area contributed by atoms with E-state index in [9.17, 15) is 4.79 Å². The van der Waals surface area contributed by atoms with E-state index in [-0.39, 0.29) is 5.91 Å². The number of amides is 1. The normalized spacial score (nSPS) is 10.9. The zero-order valence-electron chi connectivity index (χ0n) is 13.1. The average molecular weight is 342 g/mol. The predicted molar refractivity (Wildman–Crippen MR) is 99.5 cm³/mol. The SMILES string of the molecule is CCSc1ccc(CC(=O)Nc2ccc3nc(C)sc3c2)cc1. The largest absolute Gasteiger partial charge is 0.326 e. The van der Waals surface area contributed by atoms with Gasteiger partial charge in [-0.3, -0.25) is 4.79 Å². The van der Waals surface area contributed by atoms with Crippen molar-refractivity contribution in [2.75, 3.05) is 11.1 Å². The first kappa shape index (κ1) is 16.0. The van der Waals surface area contributed by atoms with Crippen LogP contribution in [0.2, 0.25) is 0 Å². The topological polar surface area (TPSA) is 42.0 Å². The van der Waals surface area contributed by atoms with Crippen LogP contribution in [0.5, 0.6) is 0 Å². The van der Waals surface area contributed by atoms with Crippen LogP contribution in [0.1, 0.15) is 17.5 Å². The molecule has 0 saturated heterocycles. The highest BCUT2D eigenvalue weighted by molar-refractivity contribution is 7.99. The van der Waals surface area contributed by atoms with E-state index in [4.69, 9.17) is 0 Å². The molecular formula is C18H18N2OS2. The van der Waals surface area contributed by atoms with Crippen molar-refractivity contribution in [2.24, 2.45) is 0 Å². The summed E-state index contributed by atoms with van der Waals surface area (Å²) in [7, 11) is 0. The number of carbonyl (C=O) groups excluding carboxylic acids is 1. The van der Waals surface area contributed by atoms with Crippen molar-refractivity contribution in [2.45, 2.75) is 25.2 Å². The standard InChI is InChI=1S/C18H18N2OS2/c1-3-22-15-7-4-13(5-8-15)10-18(21)20-14-6-9-16-17(11-14)23-12(2)19-16/h4-9,11H,3,10H2,1-2H3,(H,20,21). The van der Waals surface area contributed by atoms with E-state index in [1.165, 1.54) is 4.90 Å². The molecule has 2 aromatic carbocycles. The third-order valence-electron chi connectivity index (χ3n) is 3.38. The third kappa shape index (κ3) is 4.12. The molecule has 0 aliphatic rings. The summed E-state index contributed by atoms with van der Waals surface area (Å²) >= 11 is 3.44. The molecule has 118 valence electrons. The van der Waals surface area contributed by atoms with Crippen LogP contribution in [0.25, 0.3) is 10.2 Å². The molecule has 0 spiro atoms. The molecule has 0 aliphatic carbocycles.